The average molecular weight is 333 g/mol. The third-order valence-corrected chi connectivity index (χ3v) is 3.90. The first kappa shape index (κ1) is 18.3. The Hall–Kier alpha value is -3.06. The molecule has 4 heteroatoms. The van der Waals surface area contributed by atoms with Gasteiger partial charge in [0.05, 0.1) is 0 Å². The summed E-state index contributed by atoms with van der Waals surface area (Å²) >= 11 is 0. The molecule has 0 spiro atoms. The summed E-state index contributed by atoms with van der Waals surface area (Å²) in [6.07, 6.45) is 1.58. The molecular weight excluding hydrogens is 310 g/mol. The largest absolute Gasteiger partial charge is 0.375 e. The number of amides is 1. The predicted octanol–water partition coefficient (Wildman–Crippen LogP) is 4.09. The second-order valence-corrected chi connectivity index (χ2v) is 6.28. The van der Waals surface area contributed by atoms with Gasteiger partial charge >= 0.3 is 0 Å². The SMILES string of the molecule is Cc1cc(C)c(NC(=O)/C(C#N)=C\N(C)Cc2ccccc2)c(C)c1. The van der Waals surface area contributed by atoms with E-state index in [0.717, 1.165) is 27.9 Å². The molecule has 0 aliphatic heterocycles. The third-order valence-electron chi connectivity index (χ3n) is 3.90. The molecule has 2 rings (SSSR count). The van der Waals surface area contributed by atoms with E-state index >= 15 is 0 Å². The maximum Gasteiger partial charge on any atom is 0.267 e. The molecule has 0 heterocycles. The number of anilines is 1. The Bertz CT molecular complexity index is 809. The van der Waals surface area contributed by atoms with Crippen LogP contribution in [0.15, 0.2) is 54.2 Å². The van der Waals surface area contributed by atoms with Gasteiger partial charge in [0.2, 0.25) is 0 Å². The van der Waals surface area contributed by atoms with Crippen LogP contribution in [0, 0.1) is 32.1 Å². The number of nitrogens with zero attached hydrogens (tertiary/aromatic N) is 2. The fourth-order valence-corrected chi connectivity index (χ4v) is 2.83. The summed E-state index contributed by atoms with van der Waals surface area (Å²) in [7, 11) is 1.85. The zero-order chi connectivity index (χ0) is 18.4. The van der Waals surface area contributed by atoms with Crippen molar-refractivity contribution in [3.63, 3.8) is 0 Å². The summed E-state index contributed by atoms with van der Waals surface area (Å²) in [5.74, 6) is -0.391. The molecule has 0 fully saturated rings. The van der Waals surface area contributed by atoms with Crippen LogP contribution in [0.5, 0.6) is 0 Å². The van der Waals surface area contributed by atoms with Crippen molar-refractivity contribution in [3.05, 3.63) is 76.5 Å². The van der Waals surface area contributed by atoms with Crippen LogP contribution in [0.2, 0.25) is 0 Å². The standard InChI is InChI=1S/C21H23N3O/c1-15-10-16(2)20(17(3)11-15)23-21(25)19(12-22)14-24(4)13-18-8-6-5-7-9-18/h5-11,14H,13H2,1-4H3,(H,23,25)/b19-14-. The van der Waals surface area contributed by atoms with E-state index in [1.807, 2.05) is 81.3 Å². The van der Waals surface area contributed by atoms with Crippen molar-refractivity contribution in [2.45, 2.75) is 27.3 Å². The number of benzene rings is 2. The Morgan fingerprint density at radius 2 is 1.76 bits per heavy atom. The van der Waals surface area contributed by atoms with E-state index in [9.17, 15) is 10.1 Å². The molecule has 25 heavy (non-hydrogen) atoms. The molecule has 0 unspecified atom stereocenters. The number of hydrogen-bond donors (Lipinski definition) is 1. The van der Waals surface area contributed by atoms with E-state index in [2.05, 4.69) is 5.32 Å². The highest BCUT2D eigenvalue weighted by Crippen LogP contribution is 2.22. The van der Waals surface area contributed by atoms with Crippen LogP contribution >= 0.6 is 0 Å². The van der Waals surface area contributed by atoms with Gasteiger partial charge in [0.25, 0.3) is 5.91 Å². The van der Waals surface area contributed by atoms with Gasteiger partial charge in [0, 0.05) is 25.5 Å². The monoisotopic (exact) mass is 333 g/mol. The van der Waals surface area contributed by atoms with E-state index in [1.54, 1.807) is 6.20 Å². The molecule has 2 aromatic rings. The van der Waals surface area contributed by atoms with Crippen LogP contribution in [-0.2, 0) is 11.3 Å². The quantitative estimate of drug-likeness (QED) is 0.662. The maximum absolute atomic E-state index is 12.5. The Morgan fingerprint density at radius 1 is 1.16 bits per heavy atom. The van der Waals surface area contributed by atoms with Crippen molar-refractivity contribution in [1.82, 2.24) is 4.90 Å². The van der Waals surface area contributed by atoms with Gasteiger partial charge in [-0.3, -0.25) is 4.79 Å². The molecule has 0 saturated heterocycles. The first-order chi connectivity index (χ1) is 11.9. The topological polar surface area (TPSA) is 56.1 Å². The minimum Gasteiger partial charge on any atom is -0.375 e. The number of carbonyl (C=O) groups excluding carboxylic acids is 1. The Kier molecular flexibility index (Phi) is 5.97. The number of aryl methyl sites for hydroxylation is 3. The number of carbonyl (C=O) groups is 1. The van der Waals surface area contributed by atoms with Crippen LogP contribution in [0.3, 0.4) is 0 Å². The summed E-state index contributed by atoms with van der Waals surface area (Å²) in [5, 5.41) is 12.2. The average Bonchev–Trinajstić information content (AvgIpc) is 2.56. The lowest BCUT2D eigenvalue weighted by atomic mass is 10.0. The Balaban J connectivity index is 2.14. The van der Waals surface area contributed by atoms with Crippen molar-refractivity contribution in [2.75, 3.05) is 12.4 Å². The normalized spacial score (nSPS) is 10.9. The molecule has 0 aliphatic rings. The Labute approximate surface area is 149 Å². The van der Waals surface area contributed by atoms with Crippen molar-refractivity contribution in [3.8, 4) is 6.07 Å². The van der Waals surface area contributed by atoms with E-state index in [4.69, 9.17) is 0 Å². The second kappa shape index (κ2) is 8.16. The van der Waals surface area contributed by atoms with Gasteiger partial charge < -0.3 is 10.2 Å². The molecule has 128 valence electrons. The van der Waals surface area contributed by atoms with Crippen LogP contribution in [0.4, 0.5) is 5.69 Å². The molecule has 1 N–H and O–H groups in total. The molecule has 1 amide bonds. The minimum atomic E-state index is -0.391. The molecule has 2 aromatic carbocycles. The van der Waals surface area contributed by atoms with E-state index < -0.39 is 5.91 Å². The first-order valence-electron chi connectivity index (χ1n) is 8.16. The number of rotatable bonds is 5. The van der Waals surface area contributed by atoms with E-state index in [0.29, 0.717) is 6.54 Å². The summed E-state index contributed by atoms with van der Waals surface area (Å²) in [4.78, 5) is 14.3. The summed E-state index contributed by atoms with van der Waals surface area (Å²) in [5.41, 5.74) is 5.08. The summed E-state index contributed by atoms with van der Waals surface area (Å²) in [6.45, 7) is 6.55. The van der Waals surface area contributed by atoms with Gasteiger partial charge in [-0.25, -0.2) is 0 Å². The van der Waals surface area contributed by atoms with Crippen LogP contribution in [-0.4, -0.2) is 17.9 Å². The third kappa shape index (κ3) is 4.95. The Morgan fingerprint density at radius 3 is 2.32 bits per heavy atom. The van der Waals surface area contributed by atoms with Gasteiger partial charge in [0.15, 0.2) is 0 Å². The lowest BCUT2D eigenvalue weighted by molar-refractivity contribution is -0.112. The fraction of sp³-hybridized carbons (Fsp3) is 0.238. The lowest BCUT2D eigenvalue weighted by Crippen LogP contribution is -2.19. The lowest BCUT2D eigenvalue weighted by Gasteiger charge is -2.16. The highest BCUT2D eigenvalue weighted by molar-refractivity contribution is 6.07. The zero-order valence-electron chi connectivity index (χ0n) is 15.1. The summed E-state index contributed by atoms with van der Waals surface area (Å²) in [6, 6.07) is 15.9. The first-order valence-corrected chi connectivity index (χ1v) is 8.16. The smallest absolute Gasteiger partial charge is 0.267 e. The number of nitriles is 1. The molecule has 0 saturated carbocycles. The van der Waals surface area contributed by atoms with Gasteiger partial charge in [-0.1, -0.05) is 48.0 Å². The highest BCUT2D eigenvalue weighted by Gasteiger charge is 2.13. The van der Waals surface area contributed by atoms with Crippen molar-refractivity contribution >= 4 is 11.6 Å². The molecule has 0 aromatic heterocycles. The van der Waals surface area contributed by atoms with Crippen LogP contribution < -0.4 is 5.32 Å². The maximum atomic E-state index is 12.5. The summed E-state index contributed by atoms with van der Waals surface area (Å²) < 4.78 is 0. The van der Waals surface area contributed by atoms with Crippen molar-refractivity contribution in [1.29, 1.82) is 5.26 Å². The molecule has 0 atom stereocenters. The van der Waals surface area contributed by atoms with Crippen molar-refractivity contribution < 1.29 is 4.79 Å². The molecule has 0 radical (unpaired) electrons. The number of hydrogen-bond acceptors (Lipinski definition) is 3. The molecule has 0 bridgehead atoms. The van der Waals surface area contributed by atoms with Crippen molar-refractivity contribution in [2.24, 2.45) is 0 Å². The molecular formula is C21H23N3O. The number of nitrogens with one attached hydrogen (secondary N) is 1. The van der Waals surface area contributed by atoms with Gasteiger partial charge in [0.1, 0.15) is 11.6 Å². The van der Waals surface area contributed by atoms with Gasteiger partial charge in [-0.15, -0.1) is 0 Å². The highest BCUT2D eigenvalue weighted by atomic mass is 16.1. The van der Waals surface area contributed by atoms with E-state index in [1.165, 1.54) is 0 Å². The van der Waals surface area contributed by atoms with Gasteiger partial charge in [-0.05, 0) is 37.5 Å². The van der Waals surface area contributed by atoms with Crippen LogP contribution in [0.25, 0.3) is 0 Å². The fourth-order valence-electron chi connectivity index (χ4n) is 2.83. The second-order valence-electron chi connectivity index (χ2n) is 6.28. The minimum absolute atomic E-state index is 0.0813. The molecule has 0 aliphatic carbocycles. The zero-order valence-corrected chi connectivity index (χ0v) is 15.1. The molecule has 4 nitrogen and oxygen atoms in total. The van der Waals surface area contributed by atoms with Crippen LogP contribution in [0.1, 0.15) is 22.3 Å². The predicted molar refractivity (Wildman–Crippen MR) is 101 cm³/mol. The van der Waals surface area contributed by atoms with Gasteiger partial charge in [-0.2, -0.15) is 5.26 Å². The van der Waals surface area contributed by atoms with E-state index in [-0.39, 0.29) is 5.57 Å².